The molecule has 0 saturated heterocycles. The SMILES string of the molecule is CC1=CC(=O)C=C/C1=N\OS(=O)(=O)c1ccccc1. The Balaban J connectivity index is 2.22. The van der Waals surface area contributed by atoms with Gasteiger partial charge in [0, 0.05) is 0 Å². The molecule has 2 rings (SSSR count). The first-order chi connectivity index (χ1) is 8.99. The highest BCUT2D eigenvalue weighted by atomic mass is 32.2. The number of allylic oxidation sites excluding steroid dienone is 4. The van der Waals surface area contributed by atoms with Crippen molar-refractivity contribution in [2.75, 3.05) is 0 Å². The molecule has 0 atom stereocenters. The van der Waals surface area contributed by atoms with Crippen LogP contribution in [0.15, 0.2) is 64.2 Å². The van der Waals surface area contributed by atoms with Gasteiger partial charge in [0.15, 0.2) is 5.78 Å². The summed E-state index contributed by atoms with van der Waals surface area (Å²) < 4.78 is 28.2. The Kier molecular flexibility index (Phi) is 3.62. The molecule has 1 aliphatic rings. The molecule has 0 aromatic heterocycles. The molecule has 6 heteroatoms. The van der Waals surface area contributed by atoms with Crippen LogP contribution in [0.25, 0.3) is 0 Å². The predicted octanol–water partition coefficient (Wildman–Crippen LogP) is 1.83. The summed E-state index contributed by atoms with van der Waals surface area (Å²) in [6, 6.07) is 7.71. The van der Waals surface area contributed by atoms with Gasteiger partial charge >= 0.3 is 10.1 Å². The summed E-state index contributed by atoms with van der Waals surface area (Å²) in [6.07, 6.45) is 4.07. The van der Waals surface area contributed by atoms with Gasteiger partial charge in [-0.2, -0.15) is 8.42 Å². The van der Waals surface area contributed by atoms with Crippen LogP contribution in [0.3, 0.4) is 0 Å². The maximum absolute atomic E-state index is 11.8. The second kappa shape index (κ2) is 5.19. The normalized spacial score (nSPS) is 17.4. The molecule has 0 radical (unpaired) electrons. The summed E-state index contributed by atoms with van der Waals surface area (Å²) in [4.78, 5) is 11.1. The van der Waals surface area contributed by atoms with Crippen LogP contribution in [-0.4, -0.2) is 19.9 Å². The number of hydrogen-bond acceptors (Lipinski definition) is 5. The monoisotopic (exact) mass is 277 g/mol. The molecule has 0 N–H and O–H groups in total. The lowest BCUT2D eigenvalue weighted by Crippen LogP contribution is -2.09. The fraction of sp³-hybridized carbons (Fsp3) is 0.0769. The van der Waals surface area contributed by atoms with E-state index in [9.17, 15) is 13.2 Å². The number of ketones is 1. The average molecular weight is 277 g/mol. The second-order valence-electron chi connectivity index (χ2n) is 3.88. The second-order valence-corrected chi connectivity index (χ2v) is 5.41. The van der Waals surface area contributed by atoms with Crippen LogP contribution in [-0.2, 0) is 19.2 Å². The van der Waals surface area contributed by atoms with E-state index >= 15 is 0 Å². The summed E-state index contributed by atoms with van der Waals surface area (Å²) in [5.74, 6) is -0.164. The Bertz CT molecular complexity index is 685. The van der Waals surface area contributed by atoms with E-state index in [0.29, 0.717) is 11.3 Å². The van der Waals surface area contributed by atoms with Gasteiger partial charge < -0.3 is 0 Å². The van der Waals surface area contributed by atoms with Crippen molar-refractivity contribution < 1.29 is 17.5 Å². The van der Waals surface area contributed by atoms with E-state index in [2.05, 4.69) is 9.44 Å². The van der Waals surface area contributed by atoms with Crippen molar-refractivity contribution in [1.82, 2.24) is 0 Å². The molecule has 19 heavy (non-hydrogen) atoms. The zero-order valence-corrected chi connectivity index (χ0v) is 10.9. The molecule has 98 valence electrons. The number of nitrogens with zero attached hydrogens (tertiary/aromatic N) is 1. The van der Waals surface area contributed by atoms with Crippen molar-refractivity contribution in [3.63, 3.8) is 0 Å². The van der Waals surface area contributed by atoms with Crippen molar-refractivity contribution in [3.05, 3.63) is 54.1 Å². The molecule has 0 heterocycles. The van der Waals surface area contributed by atoms with Gasteiger partial charge in [0.1, 0.15) is 10.6 Å². The van der Waals surface area contributed by atoms with Gasteiger partial charge in [-0.25, -0.2) is 0 Å². The number of oxime groups is 1. The molecule has 5 nitrogen and oxygen atoms in total. The van der Waals surface area contributed by atoms with Crippen molar-refractivity contribution in [2.45, 2.75) is 11.8 Å². The van der Waals surface area contributed by atoms with E-state index in [1.54, 1.807) is 25.1 Å². The number of benzene rings is 1. The van der Waals surface area contributed by atoms with E-state index in [0.717, 1.165) is 0 Å². The summed E-state index contributed by atoms with van der Waals surface area (Å²) in [5, 5.41) is 3.57. The minimum Gasteiger partial charge on any atom is -0.290 e. The maximum Gasteiger partial charge on any atom is 0.358 e. The van der Waals surface area contributed by atoms with Crippen LogP contribution in [0.1, 0.15) is 6.92 Å². The van der Waals surface area contributed by atoms with E-state index in [4.69, 9.17) is 0 Å². The van der Waals surface area contributed by atoms with Gasteiger partial charge in [-0.1, -0.05) is 23.4 Å². The van der Waals surface area contributed by atoms with Crippen LogP contribution in [0.4, 0.5) is 0 Å². The highest BCUT2D eigenvalue weighted by Crippen LogP contribution is 2.13. The van der Waals surface area contributed by atoms with Crippen LogP contribution < -0.4 is 0 Å². The first-order valence-corrected chi connectivity index (χ1v) is 6.87. The smallest absolute Gasteiger partial charge is 0.290 e. The number of hydrogen-bond donors (Lipinski definition) is 0. The zero-order chi connectivity index (χ0) is 13.9. The lowest BCUT2D eigenvalue weighted by Gasteiger charge is -2.06. The van der Waals surface area contributed by atoms with E-state index in [1.165, 1.54) is 30.4 Å². The minimum absolute atomic E-state index is 0.0249. The molecule has 1 aromatic carbocycles. The molecular formula is C13H11NO4S. The third kappa shape index (κ3) is 3.17. The van der Waals surface area contributed by atoms with Gasteiger partial charge in [0.25, 0.3) is 0 Å². The molecule has 0 amide bonds. The molecule has 1 aliphatic carbocycles. The minimum atomic E-state index is -3.93. The van der Waals surface area contributed by atoms with Crippen molar-refractivity contribution >= 4 is 21.6 Å². The standard InChI is InChI=1S/C13H11NO4S/c1-10-9-11(15)7-8-13(10)14-18-19(16,17)12-5-3-2-4-6-12/h2-9H,1H3/b14-13+. The largest absolute Gasteiger partial charge is 0.358 e. The Morgan fingerprint density at radius 3 is 2.42 bits per heavy atom. The third-order valence-electron chi connectivity index (χ3n) is 2.43. The van der Waals surface area contributed by atoms with Gasteiger partial charge in [0.05, 0.1) is 0 Å². The lowest BCUT2D eigenvalue weighted by atomic mass is 10.1. The van der Waals surface area contributed by atoms with Gasteiger partial charge in [0.2, 0.25) is 0 Å². The molecule has 0 spiro atoms. The maximum atomic E-state index is 11.8. The van der Waals surface area contributed by atoms with Crippen molar-refractivity contribution in [1.29, 1.82) is 0 Å². The number of rotatable bonds is 3. The van der Waals surface area contributed by atoms with Crippen LogP contribution in [0, 0.1) is 0 Å². The predicted molar refractivity (Wildman–Crippen MR) is 70.1 cm³/mol. The molecule has 0 aliphatic heterocycles. The molecular weight excluding hydrogens is 266 g/mol. The summed E-state index contributed by atoms with van der Waals surface area (Å²) in [5.41, 5.74) is 0.856. The molecule has 0 unspecified atom stereocenters. The van der Waals surface area contributed by atoms with Crippen molar-refractivity contribution in [3.8, 4) is 0 Å². The fourth-order valence-electron chi connectivity index (χ4n) is 1.45. The quantitative estimate of drug-likeness (QED) is 0.624. The molecule has 0 fully saturated rings. The third-order valence-corrected chi connectivity index (χ3v) is 3.55. The first-order valence-electron chi connectivity index (χ1n) is 5.46. The molecule has 0 saturated carbocycles. The van der Waals surface area contributed by atoms with Crippen molar-refractivity contribution in [2.24, 2.45) is 5.16 Å². The summed E-state index contributed by atoms with van der Waals surface area (Å²) in [7, 11) is -3.93. The number of carbonyl (C=O) groups is 1. The van der Waals surface area contributed by atoms with Gasteiger partial charge in [-0.05, 0) is 42.9 Å². The molecule has 0 bridgehead atoms. The van der Waals surface area contributed by atoms with Gasteiger partial charge in [-0.3, -0.25) is 9.08 Å². The zero-order valence-electron chi connectivity index (χ0n) is 10.1. The van der Waals surface area contributed by atoms with E-state index in [1.807, 2.05) is 0 Å². The highest BCUT2D eigenvalue weighted by Gasteiger charge is 2.16. The Morgan fingerprint density at radius 1 is 1.11 bits per heavy atom. The van der Waals surface area contributed by atoms with E-state index < -0.39 is 10.1 Å². The Morgan fingerprint density at radius 2 is 1.79 bits per heavy atom. The summed E-state index contributed by atoms with van der Waals surface area (Å²) in [6.45, 7) is 1.65. The van der Waals surface area contributed by atoms with Crippen LogP contribution >= 0.6 is 0 Å². The highest BCUT2D eigenvalue weighted by molar-refractivity contribution is 7.86. The number of carbonyl (C=O) groups excluding carboxylic acids is 1. The lowest BCUT2D eigenvalue weighted by molar-refractivity contribution is -0.110. The topological polar surface area (TPSA) is 72.8 Å². The van der Waals surface area contributed by atoms with Crippen LogP contribution in [0.2, 0.25) is 0 Å². The van der Waals surface area contributed by atoms with Crippen LogP contribution in [0.5, 0.6) is 0 Å². The van der Waals surface area contributed by atoms with E-state index in [-0.39, 0.29) is 10.7 Å². The average Bonchev–Trinajstić information content (AvgIpc) is 2.39. The Labute approximate surface area is 111 Å². The van der Waals surface area contributed by atoms with Gasteiger partial charge in [-0.15, -0.1) is 0 Å². The summed E-state index contributed by atoms with van der Waals surface area (Å²) >= 11 is 0. The fourth-order valence-corrected chi connectivity index (χ4v) is 2.20. The first kappa shape index (κ1) is 13.2. The molecule has 1 aromatic rings. The Hall–Kier alpha value is -2.21.